The van der Waals surface area contributed by atoms with E-state index in [0.717, 1.165) is 12.0 Å². The van der Waals surface area contributed by atoms with Crippen LogP contribution in [0.2, 0.25) is 0 Å². The highest BCUT2D eigenvalue weighted by atomic mass is 16.5. The molecule has 3 fully saturated rings. The maximum Gasteiger partial charge on any atom is 0.303 e. The van der Waals surface area contributed by atoms with Crippen molar-refractivity contribution >= 4 is 17.5 Å². The first-order valence-electron chi connectivity index (χ1n) is 11.0. The average molecular weight is 417 g/mol. The van der Waals surface area contributed by atoms with Crippen molar-refractivity contribution in [2.24, 2.45) is 34.5 Å². The average Bonchev–Trinajstić information content (AvgIpc) is 2.93. The lowest BCUT2D eigenvalue weighted by Gasteiger charge is -2.60. The summed E-state index contributed by atoms with van der Waals surface area (Å²) in [5.74, 6) is -0.712. The summed E-state index contributed by atoms with van der Waals surface area (Å²) in [7, 11) is 0. The zero-order chi connectivity index (χ0) is 22.1. The highest BCUT2D eigenvalue weighted by Gasteiger charge is 2.68. The molecule has 0 bridgehead atoms. The van der Waals surface area contributed by atoms with Crippen LogP contribution in [0, 0.1) is 34.5 Å². The lowest BCUT2D eigenvalue weighted by atomic mass is 9.45. The Morgan fingerprint density at radius 3 is 2.67 bits per heavy atom. The second-order valence-electron chi connectivity index (χ2n) is 10.3. The van der Waals surface area contributed by atoms with Crippen LogP contribution < -0.4 is 0 Å². The van der Waals surface area contributed by atoms with Crippen molar-refractivity contribution in [2.75, 3.05) is 6.61 Å². The van der Waals surface area contributed by atoms with Crippen molar-refractivity contribution in [1.82, 2.24) is 0 Å². The molecule has 3 saturated carbocycles. The van der Waals surface area contributed by atoms with Gasteiger partial charge in [0.15, 0.2) is 12.4 Å². The number of hydrogen-bond acceptors (Lipinski definition) is 6. The lowest BCUT2D eigenvalue weighted by molar-refractivity contribution is -0.182. The van der Waals surface area contributed by atoms with Gasteiger partial charge in [-0.15, -0.1) is 0 Å². The molecule has 0 aromatic heterocycles. The third-order valence-corrected chi connectivity index (χ3v) is 8.84. The van der Waals surface area contributed by atoms with Crippen molar-refractivity contribution in [3.63, 3.8) is 0 Å². The molecule has 4 aliphatic carbocycles. The Kier molecular flexibility index (Phi) is 4.90. The van der Waals surface area contributed by atoms with Gasteiger partial charge in [0, 0.05) is 23.7 Å². The number of fused-ring (bicyclic) bond motifs is 5. The number of hydrogen-bond donors (Lipinski definition) is 2. The fourth-order valence-electron chi connectivity index (χ4n) is 7.50. The number of Topliss-reactive ketones (excluding diaryl/α,β-unsaturated/α-hetero) is 1. The predicted molar refractivity (Wildman–Crippen MR) is 109 cm³/mol. The van der Waals surface area contributed by atoms with Gasteiger partial charge in [0.05, 0.1) is 6.10 Å². The third-order valence-electron chi connectivity index (χ3n) is 8.84. The van der Waals surface area contributed by atoms with Crippen molar-refractivity contribution in [3.8, 4) is 0 Å². The van der Waals surface area contributed by atoms with E-state index in [1.165, 1.54) is 6.92 Å². The van der Waals surface area contributed by atoms with Gasteiger partial charge in [-0.25, -0.2) is 0 Å². The van der Waals surface area contributed by atoms with Crippen LogP contribution in [0.3, 0.4) is 0 Å². The molecule has 0 aromatic rings. The van der Waals surface area contributed by atoms with E-state index >= 15 is 0 Å². The number of allylic oxidation sites excluding steroid dienone is 4. The lowest BCUT2D eigenvalue weighted by Crippen LogP contribution is -2.62. The Balaban J connectivity index is 1.70. The molecule has 0 aliphatic heterocycles. The maximum absolute atomic E-state index is 12.9. The van der Waals surface area contributed by atoms with E-state index in [1.54, 1.807) is 12.2 Å². The molecule has 0 heterocycles. The van der Waals surface area contributed by atoms with Crippen LogP contribution in [0.1, 0.15) is 53.4 Å². The number of ketones is 2. The van der Waals surface area contributed by atoms with Crippen LogP contribution in [-0.2, 0) is 19.1 Å². The molecule has 0 amide bonds. The van der Waals surface area contributed by atoms with Gasteiger partial charge in [-0.2, -0.15) is 0 Å². The zero-order valence-corrected chi connectivity index (χ0v) is 18.2. The highest BCUT2D eigenvalue weighted by Crippen LogP contribution is 2.67. The molecular formula is C24H32O6. The fourth-order valence-corrected chi connectivity index (χ4v) is 7.50. The predicted octanol–water partition coefficient (Wildman–Crippen LogP) is 2.37. The number of esters is 1. The Morgan fingerprint density at radius 1 is 1.30 bits per heavy atom. The number of carbonyl (C=O) groups excluding carboxylic acids is 3. The number of ether oxygens (including phenoxy) is 1. The normalized spacial score (nSPS) is 47.1. The third kappa shape index (κ3) is 2.79. The summed E-state index contributed by atoms with van der Waals surface area (Å²) in [5.41, 5.74) is -1.72. The SMILES string of the molecule is CC(=O)OCC(=O)[C@@]1(O)CCC2C3CC(C)C4=CC(=O)C=C[C@]4(C)[C@H]3[C@@H](O)C[C@@]21C. The number of carbonyl (C=O) groups is 3. The minimum atomic E-state index is -1.61. The molecule has 2 N–H and O–H groups in total. The molecule has 6 nitrogen and oxygen atoms in total. The van der Waals surface area contributed by atoms with E-state index in [9.17, 15) is 24.6 Å². The van der Waals surface area contributed by atoms with Crippen molar-refractivity contribution < 1.29 is 29.3 Å². The van der Waals surface area contributed by atoms with Gasteiger partial charge in [0.1, 0.15) is 5.60 Å². The summed E-state index contributed by atoms with van der Waals surface area (Å²) in [6, 6.07) is 0. The molecule has 3 unspecified atom stereocenters. The molecule has 164 valence electrons. The second kappa shape index (κ2) is 6.86. The number of aliphatic hydroxyl groups is 2. The molecule has 0 spiro atoms. The largest absolute Gasteiger partial charge is 0.458 e. The molecule has 30 heavy (non-hydrogen) atoms. The van der Waals surface area contributed by atoms with Crippen LogP contribution in [0.25, 0.3) is 0 Å². The number of rotatable bonds is 3. The summed E-state index contributed by atoms with van der Waals surface area (Å²) >= 11 is 0. The Labute approximate surface area is 177 Å². The van der Waals surface area contributed by atoms with E-state index < -0.39 is 40.9 Å². The smallest absolute Gasteiger partial charge is 0.303 e. The van der Waals surface area contributed by atoms with Crippen LogP contribution >= 0.6 is 0 Å². The molecule has 4 rings (SSSR count). The van der Waals surface area contributed by atoms with Crippen LogP contribution in [-0.4, -0.2) is 46.1 Å². The number of aliphatic hydroxyl groups excluding tert-OH is 1. The summed E-state index contributed by atoms with van der Waals surface area (Å²) in [6.07, 6.45) is 6.71. The minimum absolute atomic E-state index is 0.00535. The zero-order valence-electron chi connectivity index (χ0n) is 18.2. The molecular weight excluding hydrogens is 384 g/mol. The standard InChI is InChI=1S/C24H32O6/c1-13-9-16-17-6-8-24(29,20(28)12-30-14(2)25)23(17,4)11-19(27)21(16)22(3)7-5-15(26)10-18(13)22/h5,7,10,13,16-17,19,21,27,29H,6,8-9,11-12H2,1-4H3/t13?,16?,17?,19-,21+,22-,23-,24-/m0/s1. The molecule has 6 heteroatoms. The Hall–Kier alpha value is -1.79. The first kappa shape index (κ1) is 21.4. The van der Waals surface area contributed by atoms with Crippen LogP contribution in [0.4, 0.5) is 0 Å². The van der Waals surface area contributed by atoms with E-state index in [-0.39, 0.29) is 29.5 Å². The van der Waals surface area contributed by atoms with Gasteiger partial charge < -0.3 is 14.9 Å². The van der Waals surface area contributed by atoms with Gasteiger partial charge in [-0.1, -0.05) is 32.4 Å². The van der Waals surface area contributed by atoms with E-state index in [4.69, 9.17) is 4.74 Å². The summed E-state index contributed by atoms with van der Waals surface area (Å²) in [6.45, 7) is 6.94. The summed E-state index contributed by atoms with van der Waals surface area (Å²) < 4.78 is 4.89. The monoisotopic (exact) mass is 416 g/mol. The summed E-state index contributed by atoms with van der Waals surface area (Å²) in [4.78, 5) is 36.1. The van der Waals surface area contributed by atoms with Crippen LogP contribution in [0.15, 0.2) is 23.8 Å². The van der Waals surface area contributed by atoms with E-state index in [0.29, 0.717) is 19.3 Å². The highest BCUT2D eigenvalue weighted by molar-refractivity contribution is 6.01. The van der Waals surface area contributed by atoms with Crippen LogP contribution in [0.5, 0.6) is 0 Å². The molecule has 0 saturated heterocycles. The first-order chi connectivity index (χ1) is 13.9. The molecule has 8 atom stereocenters. The van der Waals surface area contributed by atoms with E-state index in [1.807, 2.05) is 13.0 Å². The van der Waals surface area contributed by atoms with Gasteiger partial charge >= 0.3 is 5.97 Å². The second-order valence-corrected chi connectivity index (χ2v) is 10.3. The van der Waals surface area contributed by atoms with Gasteiger partial charge in [0.25, 0.3) is 0 Å². The molecule has 0 radical (unpaired) electrons. The summed E-state index contributed by atoms with van der Waals surface area (Å²) in [5, 5.41) is 22.9. The van der Waals surface area contributed by atoms with Gasteiger partial charge in [-0.3, -0.25) is 14.4 Å². The van der Waals surface area contributed by atoms with Crippen molar-refractivity contribution in [3.05, 3.63) is 23.8 Å². The van der Waals surface area contributed by atoms with Crippen molar-refractivity contribution in [1.29, 1.82) is 0 Å². The van der Waals surface area contributed by atoms with Crippen molar-refractivity contribution in [2.45, 2.75) is 65.1 Å². The quantitative estimate of drug-likeness (QED) is 0.685. The molecule has 0 aromatic carbocycles. The van der Waals surface area contributed by atoms with E-state index in [2.05, 4.69) is 13.8 Å². The Morgan fingerprint density at radius 2 is 2.00 bits per heavy atom. The topological polar surface area (TPSA) is 101 Å². The minimum Gasteiger partial charge on any atom is -0.458 e. The molecule has 4 aliphatic rings. The Bertz CT molecular complexity index is 858. The van der Waals surface area contributed by atoms with Gasteiger partial charge in [0.2, 0.25) is 5.78 Å². The fraction of sp³-hybridized carbons (Fsp3) is 0.708. The van der Waals surface area contributed by atoms with Gasteiger partial charge in [-0.05, 0) is 55.6 Å². The maximum atomic E-state index is 12.9. The first-order valence-corrected chi connectivity index (χ1v) is 11.0.